The van der Waals surface area contributed by atoms with Crippen LogP contribution in [0.1, 0.15) is 58.4 Å². The molecule has 0 saturated carbocycles. The summed E-state index contributed by atoms with van der Waals surface area (Å²) < 4.78 is 0. The van der Waals surface area contributed by atoms with Crippen molar-refractivity contribution in [1.82, 2.24) is 0 Å². The summed E-state index contributed by atoms with van der Waals surface area (Å²) in [5.41, 5.74) is 7.69. The van der Waals surface area contributed by atoms with Crippen molar-refractivity contribution < 1.29 is 4.79 Å². The molecule has 0 aliphatic heterocycles. The first-order chi connectivity index (χ1) is 7.40. The van der Waals surface area contributed by atoms with E-state index in [1.54, 1.807) is 0 Å². The molecule has 0 N–H and O–H groups in total. The molecule has 0 unspecified atom stereocenters. The minimum atomic E-state index is 0.162. The molecule has 0 heterocycles. The summed E-state index contributed by atoms with van der Waals surface area (Å²) in [6, 6.07) is 0. The van der Waals surface area contributed by atoms with E-state index in [0.717, 1.165) is 24.7 Å². The van der Waals surface area contributed by atoms with Crippen LogP contribution in [-0.4, -0.2) is 6.29 Å². The van der Waals surface area contributed by atoms with Gasteiger partial charge < -0.3 is 0 Å². The number of hydrogen-bond acceptors (Lipinski definition) is 1. The zero-order chi connectivity index (χ0) is 12.1. The third-order valence-corrected chi connectivity index (χ3v) is 4.35. The molecule has 16 heavy (non-hydrogen) atoms. The van der Waals surface area contributed by atoms with Gasteiger partial charge in [0.1, 0.15) is 0 Å². The van der Waals surface area contributed by atoms with Crippen LogP contribution in [0.25, 0.3) is 0 Å². The first kappa shape index (κ1) is 11.4. The quantitative estimate of drug-likeness (QED) is 0.655. The van der Waals surface area contributed by atoms with Crippen LogP contribution in [0.5, 0.6) is 0 Å². The van der Waals surface area contributed by atoms with Gasteiger partial charge in [-0.3, -0.25) is 4.79 Å². The maximum atomic E-state index is 11.3. The average Bonchev–Trinajstić information content (AvgIpc) is 2.53. The Hall–Kier alpha value is -1.11. The van der Waals surface area contributed by atoms with Crippen molar-refractivity contribution in [1.29, 1.82) is 0 Å². The van der Waals surface area contributed by atoms with Crippen molar-refractivity contribution in [2.24, 2.45) is 0 Å². The molecular formula is C15H20O. The maximum Gasteiger partial charge on any atom is 0.150 e. The van der Waals surface area contributed by atoms with E-state index in [9.17, 15) is 4.79 Å². The van der Waals surface area contributed by atoms with Crippen molar-refractivity contribution in [3.63, 3.8) is 0 Å². The summed E-state index contributed by atoms with van der Waals surface area (Å²) in [4.78, 5) is 11.3. The molecule has 0 radical (unpaired) electrons. The number of carbonyl (C=O) groups excluding carboxylic acids is 1. The second-order valence-corrected chi connectivity index (χ2v) is 5.64. The van der Waals surface area contributed by atoms with Crippen LogP contribution in [0.2, 0.25) is 0 Å². The van der Waals surface area contributed by atoms with Gasteiger partial charge in [0.15, 0.2) is 6.29 Å². The highest BCUT2D eigenvalue weighted by Gasteiger charge is 2.34. The van der Waals surface area contributed by atoms with Crippen molar-refractivity contribution in [3.05, 3.63) is 33.4 Å². The lowest BCUT2D eigenvalue weighted by atomic mass is 9.80. The first-order valence-corrected chi connectivity index (χ1v) is 5.98. The lowest BCUT2D eigenvalue weighted by Gasteiger charge is -2.24. The van der Waals surface area contributed by atoms with Crippen LogP contribution in [0, 0.1) is 20.8 Å². The van der Waals surface area contributed by atoms with Gasteiger partial charge in [0.25, 0.3) is 0 Å². The second-order valence-electron chi connectivity index (χ2n) is 5.64. The zero-order valence-electron chi connectivity index (χ0n) is 10.9. The normalized spacial score (nSPS) is 17.3. The Bertz CT molecular complexity index is 467. The van der Waals surface area contributed by atoms with E-state index in [1.165, 1.54) is 27.8 Å². The van der Waals surface area contributed by atoms with Gasteiger partial charge in [0, 0.05) is 5.56 Å². The number of rotatable bonds is 1. The molecule has 1 aromatic carbocycles. The molecule has 1 aliphatic rings. The van der Waals surface area contributed by atoms with Crippen LogP contribution in [0.15, 0.2) is 0 Å². The molecule has 1 nitrogen and oxygen atoms in total. The van der Waals surface area contributed by atoms with Crippen molar-refractivity contribution >= 4 is 6.29 Å². The molecule has 0 bridgehead atoms. The van der Waals surface area contributed by atoms with Gasteiger partial charge in [-0.25, -0.2) is 0 Å². The molecule has 2 rings (SSSR count). The number of fused-ring (bicyclic) bond motifs is 1. The molecule has 0 aromatic heterocycles. The Morgan fingerprint density at radius 1 is 1.06 bits per heavy atom. The lowest BCUT2D eigenvalue weighted by molar-refractivity contribution is 0.112. The summed E-state index contributed by atoms with van der Waals surface area (Å²) in [6.07, 6.45) is 3.33. The summed E-state index contributed by atoms with van der Waals surface area (Å²) in [7, 11) is 0. The van der Waals surface area contributed by atoms with Crippen molar-refractivity contribution in [2.75, 3.05) is 0 Å². The lowest BCUT2D eigenvalue weighted by Crippen LogP contribution is -2.16. The molecule has 1 aliphatic carbocycles. The van der Waals surface area contributed by atoms with Gasteiger partial charge in [-0.2, -0.15) is 0 Å². The molecule has 0 saturated heterocycles. The van der Waals surface area contributed by atoms with Gasteiger partial charge in [0.2, 0.25) is 0 Å². The number of aldehydes is 1. The van der Waals surface area contributed by atoms with Crippen LogP contribution in [0.4, 0.5) is 0 Å². The molecule has 86 valence electrons. The Kier molecular flexibility index (Phi) is 2.45. The fourth-order valence-corrected chi connectivity index (χ4v) is 3.04. The zero-order valence-corrected chi connectivity index (χ0v) is 10.9. The van der Waals surface area contributed by atoms with Gasteiger partial charge in [-0.05, 0) is 66.8 Å². The Morgan fingerprint density at radius 2 is 1.69 bits per heavy atom. The molecule has 0 atom stereocenters. The highest BCUT2D eigenvalue weighted by atomic mass is 16.1. The SMILES string of the molecule is Cc1c(C)c(C=O)c2c(c1C)CCC2(C)C. The van der Waals surface area contributed by atoms with E-state index in [4.69, 9.17) is 0 Å². The fourth-order valence-electron chi connectivity index (χ4n) is 3.04. The predicted octanol–water partition coefficient (Wildman–Crippen LogP) is 3.65. The summed E-state index contributed by atoms with van der Waals surface area (Å²) in [5, 5.41) is 0. The third kappa shape index (κ3) is 1.34. The van der Waals surface area contributed by atoms with Crippen LogP contribution < -0.4 is 0 Å². The molecule has 0 fully saturated rings. The standard InChI is InChI=1S/C15H20O/c1-9-10(2)12-6-7-15(4,5)14(12)13(8-16)11(9)3/h8H,6-7H2,1-5H3. The smallest absolute Gasteiger partial charge is 0.150 e. The fraction of sp³-hybridized carbons (Fsp3) is 0.533. The minimum Gasteiger partial charge on any atom is -0.298 e. The van der Waals surface area contributed by atoms with E-state index in [2.05, 4.69) is 34.6 Å². The second kappa shape index (κ2) is 3.44. The van der Waals surface area contributed by atoms with E-state index < -0.39 is 0 Å². The number of benzene rings is 1. The largest absolute Gasteiger partial charge is 0.298 e. The third-order valence-electron chi connectivity index (χ3n) is 4.35. The van der Waals surface area contributed by atoms with E-state index in [0.29, 0.717) is 0 Å². The van der Waals surface area contributed by atoms with Crippen molar-refractivity contribution in [3.8, 4) is 0 Å². The predicted molar refractivity (Wildman–Crippen MR) is 67.4 cm³/mol. The van der Waals surface area contributed by atoms with E-state index in [1.807, 2.05) is 0 Å². The van der Waals surface area contributed by atoms with Gasteiger partial charge in [-0.15, -0.1) is 0 Å². The summed E-state index contributed by atoms with van der Waals surface area (Å²) in [5.74, 6) is 0. The monoisotopic (exact) mass is 216 g/mol. The Morgan fingerprint density at radius 3 is 2.25 bits per heavy atom. The Labute approximate surface area is 97.9 Å². The van der Waals surface area contributed by atoms with Crippen LogP contribution in [0.3, 0.4) is 0 Å². The van der Waals surface area contributed by atoms with E-state index >= 15 is 0 Å². The Balaban J connectivity index is 2.87. The molecule has 1 aromatic rings. The average molecular weight is 216 g/mol. The molecular weight excluding hydrogens is 196 g/mol. The van der Waals surface area contributed by atoms with Crippen LogP contribution >= 0.6 is 0 Å². The molecule has 0 spiro atoms. The van der Waals surface area contributed by atoms with Crippen LogP contribution in [-0.2, 0) is 11.8 Å². The topological polar surface area (TPSA) is 17.1 Å². The van der Waals surface area contributed by atoms with Crippen molar-refractivity contribution in [2.45, 2.75) is 52.9 Å². The summed E-state index contributed by atoms with van der Waals surface area (Å²) in [6.45, 7) is 10.9. The van der Waals surface area contributed by atoms with Gasteiger partial charge in [-0.1, -0.05) is 13.8 Å². The highest BCUT2D eigenvalue weighted by Crippen LogP contribution is 2.43. The van der Waals surface area contributed by atoms with Gasteiger partial charge >= 0.3 is 0 Å². The summed E-state index contributed by atoms with van der Waals surface area (Å²) >= 11 is 0. The minimum absolute atomic E-state index is 0.162. The highest BCUT2D eigenvalue weighted by molar-refractivity contribution is 5.83. The first-order valence-electron chi connectivity index (χ1n) is 5.98. The van der Waals surface area contributed by atoms with Gasteiger partial charge in [0.05, 0.1) is 0 Å². The number of carbonyl (C=O) groups is 1. The van der Waals surface area contributed by atoms with E-state index in [-0.39, 0.29) is 5.41 Å². The number of hydrogen-bond donors (Lipinski definition) is 0. The molecule has 1 heteroatoms. The maximum absolute atomic E-state index is 11.3. The molecule has 0 amide bonds.